The quantitative estimate of drug-likeness (QED) is 0.672. The summed E-state index contributed by atoms with van der Waals surface area (Å²) in [6, 6.07) is 11.6. The van der Waals surface area contributed by atoms with E-state index in [2.05, 4.69) is 5.32 Å². The topological polar surface area (TPSA) is 90.0 Å². The van der Waals surface area contributed by atoms with Gasteiger partial charge in [-0.05, 0) is 55.2 Å². The molecule has 0 saturated carbocycles. The Labute approximate surface area is 199 Å². The van der Waals surface area contributed by atoms with E-state index in [1.807, 2.05) is 17.0 Å². The fraction of sp³-hybridized carbons (Fsp3) is 0.391. The van der Waals surface area contributed by atoms with Gasteiger partial charge in [-0.15, -0.1) is 0 Å². The minimum atomic E-state index is -3.69. The van der Waals surface area contributed by atoms with Crippen LogP contribution < -0.4 is 15.1 Å². The maximum atomic E-state index is 13.4. The maximum absolute atomic E-state index is 13.4. The maximum Gasteiger partial charge on any atom is 0.250 e. The van der Waals surface area contributed by atoms with Crippen LogP contribution in [0.4, 0.5) is 11.4 Å². The van der Waals surface area contributed by atoms with E-state index in [-0.39, 0.29) is 29.3 Å². The average molecular weight is 491 g/mol. The number of fused-ring (bicyclic) bond motifs is 3. The van der Waals surface area contributed by atoms with E-state index in [1.54, 1.807) is 24.3 Å². The molecule has 2 aromatic rings. The minimum absolute atomic E-state index is 0.0843. The second-order valence-electron chi connectivity index (χ2n) is 8.47. The van der Waals surface area contributed by atoms with Crippen LogP contribution >= 0.6 is 11.6 Å². The monoisotopic (exact) mass is 490 g/mol. The molecular formula is C23H27ClN4O4S. The Balaban J connectivity index is 1.63. The first-order valence-corrected chi connectivity index (χ1v) is 12.7. The van der Waals surface area contributed by atoms with Crippen LogP contribution in [0.15, 0.2) is 47.4 Å². The number of rotatable bonds is 6. The van der Waals surface area contributed by atoms with Crippen molar-refractivity contribution in [1.29, 1.82) is 0 Å². The summed E-state index contributed by atoms with van der Waals surface area (Å²) in [6.07, 6.45) is 2.60. The molecule has 1 fully saturated rings. The van der Waals surface area contributed by atoms with E-state index >= 15 is 0 Å². The molecule has 0 bridgehead atoms. The first-order chi connectivity index (χ1) is 15.7. The van der Waals surface area contributed by atoms with Gasteiger partial charge in [0.25, 0.3) is 0 Å². The molecule has 10 heteroatoms. The van der Waals surface area contributed by atoms with Gasteiger partial charge < -0.3 is 10.2 Å². The number of carbonyl (C=O) groups excluding carboxylic acids is 2. The van der Waals surface area contributed by atoms with Crippen LogP contribution in [0.2, 0.25) is 5.02 Å². The normalized spacial score (nSPS) is 18.2. The molecule has 2 amide bonds. The lowest BCUT2D eigenvalue weighted by Crippen LogP contribution is -2.57. The highest BCUT2D eigenvalue weighted by atomic mass is 35.5. The number of halogens is 1. The van der Waals surface area contributed by atoms with Crippen molar-refractivity contribution in [2.75, 3.05) is 37.0 Å². The van der Waals surface area contributed by atoms with Gasteiger partial charge in [0.05, 0.1) is 16.3 Å². The molecule has 176 valence electrons. The fourth-order valence-corrected chi connectivity index (χ4v) is 5.32. The zero-order chi connectivity index (χ0) is 23.8. The van der Waals surface area contributed by atoms with Crippen molar-refractivity contribution in [3.05, 3.63) is 53.1 Å². The van der Waals surface area contributed by atoms with Crippen LogP contribution in [0.3, 0.4) is 0 Å². The molecule has 2 aliphatic heterocycles. The van der Waals surface area contributed by atoms with E-state index in [0.29, 0.717) is 23.7 Å². The molecule has 4 rings (SSSR count). The number of sulfonamides is 1. The van der Waals surface area contributed by atoms with Crippen LogP contribution in [0.25, 0.3) is 0 Å². The van der Waals surface area contributed by atoms with E-state index in [0.717, 1.165) is 34.9 Å². The van der Waals surface area contributed by atoms with Gasteiger partial charge in [0, 0.05) is 32.2 Å². The van der Waals surface area contributed by atoms with Crippen LogP contribution in [0, 0.1) is 0 Å². The first kappa shape index (κ1) is 23.5. The van der Waals surface area contributed by atoms with Gasteiger partial charge in [0.15, 0.2) is 0 Å². The number of amides is 2. The van der Waals surface area contributed by atoms with Gasteiger partial charge in [-0.1, -0.05) is 23.7 Å². The number of nitrogens with one attached hydrogen (secondary N) is 1. The van der Waals surface area contributed by atoms with E-state index < -0.39 is 10.0 Å². The molecule has 1 saturated heterocycles. The summed E-state index contributed by atoms with van der Waals surface area (Å²) in [7, 11) is -0.772. The summed E-state index contributed by atoms with van der Waals surface area (Å²) in [5.74, 6) is -0.502. The average Bonchev–Trinajstić information content (AvgIpc) is 2.81. The Morgan fingerprint density at radius 1 is 1.12 bits per heavy atom. The Kier molecular flexibility index (Phi) is 6.65. The summed E-state index contributed by atoms with van der Waals surface area (Å²) in [4.78, 5) is 29.7. The van der Waals surface area contributed by atoms with Crippen molar-refractivity contribution >= 4 is 44.8 Å². The Hall–Kier alpha value is -2.62. The SMILES string of the molecule is CN(C)S(=O)(=O)c1ccc2c(c1)N(CC(=O)NCc1ccc(Cl)cc1)C(=O)[C@@H]1CCCCN21. The van der Waals surface area contributed by atoms with Gasteiger partial charge in [-0.25, -0.2) is 12.7 Å². The van der Waals surface area contributed by atoms with Crippen LogP contribution in [0.1, 0.15) is 24.8 Å². The molecule has 0 aliphatic carbocycles. The number of nitrogens with zero attached hydrogens (tertiary/aromatic N) is 3. The van der Waals surface area contributed by atoms with Gasteiger partial charge >= 0.3 is 0 Å². The van der Waals surface area contributed by atoms with Crippen molar-refractivity contribution in [2.24, 2.45) is 0 Å². The van der Waals surface area contributed by atoms with Crippen molar-refractivity contribution in [2.45, 2.75) is 36.7 Å². The predicted octanol–water partition coefficient (Wildman–Crippen LogP) is 2.61. The fourth-order valence-electron chi connectivity index (χ4n) is 4.27. The predicted molar refractivity (Wildman–Crippen MR) is 128 cm³/mol. The Morgan fingerprint density at radius 3 is 2.55 bits per heavy atom. The van der Waals surface area contributed by atoms with Crippen LogP contribution in [-0.4, -0.2) is 57.8 Å². The van der Waals surface area contributed by atoms with E-state index in [9.17, 15) is 18.0 Å². The van der Waals surface area contributed by atoms with Gasteiger partial charge in [0.1, 0.15) is 12.6 Å². The van der Waals surface area contributed by atoms with Gasteiger partial charge in [0.2, 0.25) is 21.8 Å². The number of hydrogen-bond donors (Lipinski definition) is 1. The molecule has 33 heavy (non-hydrogen) atoms. The molecule has 1 N–H and O–H groups in total. The van der Waals surface area contributed by atoms with Gasteiger partial charge in [-0.2, -0.15) is 0 Å². The van der Waals surface area contributed by atoms with Crippen molar-refractivity contribution in [1.82, 2.24) is 9.62 Å². The lowest BCUT2D eigenvalue weighted by atomic mass is 9.96. The Morgan fingerprint density at radius 2 is 1.85 bits per heavy atom. The highest BCUT2D eigenvalue weighted by Crippen LogP contribution is 2.40. The van der Waals surface area contributed by atoms with Crippen LogP contribution in [0.5, 0.6) is 0 Å². The largest absolute Gasteiger partial charge is 0.358 e. The first-order valence-electron chi connectivity index (χ1n) is 10.8. The van der Waals surface area contributed by atoms with Crippen LogP contribution in [-0.2, 0) is 26.2 Å². The smallest absolute Gasteiger partial charge is 0.250 e. The third-order valence-corrected chi connectivity index (χ3v) is 8.15. The standard InChI is InChI=1S/C23H27ClN4O4S/c1-26(2)33(31,32)18-10-11-19-21(13-18)28(23(30)20-5-3-4-12-27(19)20)15-22(29)25-14-16-6-8-17(24)9-7-16/h6-11,13,20H,3-5,12,14-15H2,1-2H3,(H,25,29)/t20-/m0/s1. The zero-order valence-electron chi connectivity index (χ0n) is 18.6. The summed E-state index contributed by atoms with van der Waals surface area (Å²) in [6.45, 7) is 0.838. The highest BCUT2D eigenvalue weighted by Gasteiger charge is 2.40. The molecule has 0 radical (unpaired) electrons. The molecule has 0 spiro atoms. The third-order valence-electron chi connectivity index (χ3n) is 6.08. The number of piperidine rings is 1. The van der Waals surface area contributed by atoms with Crippen molar-refractivity contribution in [3.63, 3.8) is 0 Å². The summed E-state index contributed by atoms with van der Waals surface area (Å²) < 4.78 is 26.6. The van der Waals surface area contributed by atoms with E-state index in [1.165, 1.54) is 25.1 Å². The lowest BCUT2D eigenvalue weighted by Gasteiger charge is -2.45. The highest BCUT2D eigenvalue weighted by molar-refractivity contribution is 7.89. The molecule has 2 heterocycles. The zero-order valence-corrected chi connectivity index (χ0v) is 20.2. The number of carbonyl (C=O) groups is 2. The summed E-state index contributed by atoms with van der Waals surface area (Å²) in [5.41, 5.74) is 2.11. The van der Waals surface area contributed by atoms with Crippen molar-refractivity contribution < 1.29 is 18.0 Å². The number of benzene rings is 2. The molecule has 2 aliphatic rings. The second-order valence-corrected chi connectivity index (χ2v) is 11.1. The molecule has 2 aromatic carbocycles. The van der Waals surface area contributed by atoms with Crippen molar-refractivity contribution in [3.8, 4) is 0 Å². The Bertz CT molecular complexity index is 1170. The second kappa shape index (κ2) is 9.32. The number of hydrogen-bond acceptors (Lipinski definition) is 5. The molecule has 0 unspecified atom stereocenters. The lowest BCUT2D eigenvalue weighted by molar-refractivity contribution is -0.125. The summed E-state index contributed by atoms with van der Waals surface area (Å²) in [5, 5.41) is 3.45. The minimum Gasteiger partial charge on any atom is -0.358 e. The molecule has 8 nitrogen and oxygen atoms in total. The number of anilines is 2. The van der Waals surface area contributed by atoms with Gasteiger partial charge in [-0.3, -0.25) is 14.5 Å². The summed E-state index contributed by atoms with van der Waals surface area (Å²) >= 11 is 5.91. The molecular weight excluding hydrogens is 464 g/mol. The molecule has 0 aromatic heterocycles. The van der Waals surface area contributed by atoms with E-state index in [4.69, 9.17) is 11.6 Å². The molecule has 1 atom stereocenters. The third kappa shape index (κ3) is 4.71.